The molecule has 11 heteroatoms. The molecule has 0 atom stereocenters. The van der Waals surface area contributed by atoms with E-state index >= 15 is 0 Å². The summed E-state index contributed by atoms with van der Waals surface area (Å²) in [7, 11) is 4.27. The van der Waals surface area contributed by atoms with Gasteiger partial charge in [-0.05, 0) is 59.8 Å². The van der Waals surface area contributed by atoms with Crippen LogP contribution in [0.4, 0.5) is 5.69 Å². The highest BCUT2D eigenvalue weighted by atomic mass is 35.5. The van der Waals surface area contributed by atoms with Gasteiger partial charge in [0.05, 0.1) is 35.4 Å². The molecule has 1 fully saturated rings. The van der Waals surface area contributed by atoms with E-state index in [1.54, 1.807) is 37.4 Å². The number of rotatable bonds is 7. The molecule has 3 rings (SSSR count). The minimum Gasteiger partial charge on any atom is -0.493 e. The van der Waals surface area contributed by atoms with E-state index in [0.717, 1.165) is 11.8 Å². The number of aromatic carboxylic acids is 1. The zero-order chi connectivity index (χ0) is 24.1. The number of ether oxygens (including phenoxy) is 3. The number of carbonyl (C=O) groups is 3. The Kier molecular flexibility index (Phi) is 7.62. The number of thioether (sulfide) groups is 1. The van der Waals surface area contributed by atoms with E-state index in [9.17, 15) is 14.4 Å². The van der Waals surface area contributed by atoms with Crippen LogP contribution in [0.1, 0.15) is 15.9 Å². The Hall–Kier alpha value is -3.50. The summed E-state index contributed by atoms with van der Waals surface area (Å²) in [4.78, 5) is 41.3. The van der Waals surface area contributed by atoms with Gasteiger partial charge in [0, 0.05) is 7.05 Å². The molecule has 0 radical (unpaired) electrons. The molecular weight excluding hydrogens is 472 g/mol. The number of esters is 1. The maximum atomic E-state index is 12.7. The molecule has 0 aliphatic carbocycles. The third-order valence-electron chi connectivity index (χ3n) is 4.45. The summed E-state index contributed by atoms with van der Waals surface area (Å²) < 4.78 is 15.3. The molecule has 0 unspecified atom stereocenters. The molecule has 0 bridgehead atoms. The van der Waals surface area contributed by atoms with Gasteiger partial charge in [0.2, 0.25) is 0 Å². The van der Waals surface area contributed by atoms with E-state index in [2.05, 4.69) is 9.73 Å². The van der Waals surface area contributed by atoms with Crippen LogP contribution in [0.15, 0.2) is 46.3 Å². The van der Waals surface area contributed by atoms with Crippen molar-refractivity contribution < 1.29 is 33.7 Å². The van der Waals surface area contributed by atoms with Crippen LogP contribution in [0, 0.1) is 0 Å². The van der Waals surface area contributed by atoms with E-state index < -0.39 is 11.9 Å². The summed E-state index contributed by atoms with van der Waals surface area (Å²) in [5.74, 6) is -1.39. The predicted octanol–water partition coefficient (Wildman–Crippen LogP) is 3.83. The lowest BCUT2D eigenvalue weighted by molar-refractivity contribution is -0.142. The average Bonchev–Trinajstić information content (AvgIpc) is 3.05. The van der Waals surface area contributed by atoms with E-state index in [1.807, 2.05) is 0 Å². The van der Waals surface area contributed by atoms with Crippen LogP contribution in [0.25, 0.3) is 6.08 Å². The summed E-state index contributed by atoms with van der Waals surface area (Å²) in [6, 6.07) is 9.22. The molecule has 0 aromatic heterocycles. The van der Waals surface area contributed by atoms with Crippen molar-refractivity contribution >= 4 is 58.1 Å². The first-order valence-electron chi connectivity index (χ1n) is 9.40. The number of nitrogens with zero attached hydrogens (tertiary/aromatic N) is 2. The van der Waals surface area contributed by atoms with Crippen LogP contribution in [0.3, 0.4) is 0 Å². The van der Waals surface area contributed by atoms with Gasteiger partial charge in [0.1, 0.15) is 0 Å². The summed E-state index contributed by atoms with van der Waals surface area (Å²) in [5, 5.41) is 9.64. The molecule has 172 valence electrons. The van der Waals surface area contributed by atoms with E-state index in [-0.39, 0.29) is 34.6 Å². The molecule has 1 saturated heterocycles. The first kappa shape index (κ1) is 24.1. The van der Waals surface area contributed by atoms with Crippen molar-refractivity contribution in [1.29, 1.82) is 0 Å². The second-order valence-corrected chi connectivity index (χ2v) is 8.04. The number of hydrogen-bond donors (Lipinski definition) is 1. The molecule has 1 amide bonds. The van der Waals surface area contributed by atoms with Gasteiger partial charge in [-0.15, -0.1) is 0 Å². The first-order valence-corrected chi connectivity index (χ1v) is 10.6. The summed E-state index contributed by atoms with van der Waals surface area (Å²) in [6.45, 7) is -0.334. The molecule has 33 heavy (non-hydrogen) atoms. The number of benzene rings is 2. The van der Waals surface area contributed by atoms with Gasteiger partial charge >= 0.3 is 11.9 Å². The quantitative estimate of drug-likeness (QED) is 0.460. The smallest absolute Gasteiger partial charge is 0.343 e. The van der Waals surface area contributed by atoms with Gasteiger partial charge in [-0.1, -0.05) is 11.6 Å². The summed E-state index contributed by atoms with van der Waals surface area (Å²) in [5.41, 5.74) is 1.24. The minimum absolute atomic E-state index is 0.146. The van der Waals surface area contributed by atoms with Crippen LogP contribution in [-0.2, 0) is 14.3 Å². The zero-order valence-corrected chi connectivity index (χ0v) is 19.4. The van der Waals surface area contributed by atoms with E-state index in [1.165, 1.54) is 31.3 Å². The number of amidine groups is 1. The number of methoxy groups -OCH3 is 2. The minimum atomic E-state index is -1.03. The molecular formula is C22H19ClN2O7S. The van der Waals surface area contributed by atoms with Crippen molar-refractivity contribution in [3.63, 3.8) is 0 Å². The van der Waals surface area contributed by atoms with Crippen molar-refractivity contribution in [3.8, 4) is 11.5 Å². The fourth-order valence-electron chi connectivity index (χ4n) is 2.75. The fraction of sp³-hybridized carbons (Fsp3) is 0.182. The molecule has 1 N–H and O–H groups in total. The van der Waals surface area contributed by atoms with Crippen molar-refractivity contribution in [2.75, 3.05) is 27.9 Å². The summed E-state index contributed by atoms with van der Waals surface area (Å²) >= 11 is 7.47. The highest BCUT2D eigenvalue weighted by Gasteiger charge is 2.30. The Labute approximate surface area is 198 Å². The van der Waals surface area contributed by atoms with Gasteiger partial charge in [0.25, 0.3) is 5.91 Å². The highest BCUT2D eigenvalue weighted by Crippen LogP contribution is 2.39. The third-order valence-corrected chi connectivity index (χ3v) is 5.80. The lowest BCUT2D eigenvalue weighted by Crippen LogP contribution is -2.23. The lowest BCUT2D eigenvalue weighted by Gasteiger charge is -2.12. The summed E-state index contributed by atoms with van der Waals surface area (Å²) in [6.07, 6.45) is 1.64. The van der Waals surface area contributed by atoms with Crippen molar-refractivity contribution in [2.24, 2.45) is 4.99 Å². The van der Waals surface area contributed by atoms with Gasteiger partial charge < -0.3 is 19.3 Å². The molecule has 1 aliphatic rings. The van der Waals surface area contributed by atoms with E-state index in [4.69, 9.17) is 26.2 Å². The zero-order valence-electron chi connectivity index (χ0n) is 17.8. The Morgan fingerprint density at radius 1 is 1.21 bits per heavy atom. The van der Waals surface area contributed by atoms with Crippen molar-refractivity contribution in [1.82, 2.24) is 4.90 Å². The predicted molar refractivity (Wildman–Crippen MR) is 124 cm³/mol. The van der Waals surface area contributed by atoms with Crippen molar-refractivity contribution in [2.45, 2.75) is 0 Å². The van der Waals surface area contributed by atoms with Crippen LogP contribution in [0.2, 0.25) is 5.02 Å². The molecule has 2 aromatic rings. The lowest BCUT2D eigenvalue weighted by atomic mass is 10.2. The number of likely N-dealkylation sites (N-methyl/N-ethyl adjacent to an activating group) is 1. The van der Waals surface area contributed by atoms with Crippen LogP contribution in [-0.4, -0.2) is 60.9 Å². The number of carboxylic acids is 1. The molecule has 0 saturated carbocycles. The molecule has 2 aromatic carbocycles. The SMILES string of the molecule is COC(=O)COc1c(Cl)cc(/C=C2\SC(=Nc3ccc(C(=O)O)cc3)N(C)C2=O)cc1OC. The van der Waals surface area contributed by atoms with Crippen LogP contribution >= 0.6 is 23.4 Å². The fourth-order valence-corrected chi connectivity index (χ4v) is 4.01. The van der Waals surface area contributed by atoms with Gasteiger partial charge in [-0.3, -0.25) is 9.69 Å². The Morgan fingerprint density at radius 2 is 1.91 bits per heavy atom. The number of carboxylic acid groups (broad SMARTS) is 1. The Bertz CT molecular complexity index is 1160. The number of amides is 1. The van der Waals surface area contributed by atoms with Gasteiger partial charge in [-0.2, -0.15) is 0 Å². The molecule has 1 heterocycles. The third kappa shape index (κ3) is 5.65. The number of hydrogen-bond acceptors (Lipinski definition) is 8. The molecule has 0 spiro atoms. The van der Waals surface area contributed by atoms with E-state index in [0.29, 0.717) is 21.3 Å². The Morgan fingerprint density at radius 3 is 2.52 bits per heavy atom. The van der Waals surface area contributed by atoms with Gasteiger partial charge in [0.15, 0.2) is 23.3 Å². The first-order chi connectivity index (χ1) is 15.7. The largest absolute Gasteiger partial charge is 0.493 e. The highest BCUT2D eigenvalue weighted by molar-refractivity contribution is 8.18. The molecule has 1 aliphatic heterocycles. The maximum absolute atomic E-state index is 12.7. The second kappa shape index (κ2) is 10.4. The molecule has 9 nitrogen and oxygen atoms in total. The number of carbonyl (C=O) groups excluding carboxylic acids is 2. The van der Waals surface area contributed by atoms with Crippen LogP contribution < -0.4 is 9.47 Å². The average molecular weight is 491 g/mol. The second-order valence-electron chi connectivity index (χ2n) is 6.62. The normalized spacial score (nSPS) is 15.8. The standard InChI is InChI=1S/C22H19ClN2O7S/c1-25-20(27)17(33-22(25)24-14-6-4-13(5-7-14)21(28)29)10-12-8-15(23)19(16(9-12)30-2)32-11-18(26)31-3/h4-10H,11H2,1-3H3,(H,28,29)/b17-10-,24-22?. The van der Waals surface area contributed by atoms with Crippen LogP contribution in [0.5, 0.6) is 11.5 Å². The number of halogens is 1. The number of aliphatic imine (C=N–C) groups is 1. The van der Waals surface area contributed by atoms with Crippen molar-refractivity contribution in [3.05, 3.63) is 57.5 Å². The van der Waals surface area contributed by atoms with Gasteiger partial charge in [-0.25, -0.2) is 14.6 Å². The Balaban J connectivity index is 1.85. The topological polar surface area (TPSA) is 115 Å². The monoisotopic (exact) mass is 490 g/mol. The maximum Gasteiger partial charge on any atom is 0.343 e.